The van der Waals surface area contributed by atoms with Crippen LogP contribution in [0.1, 0.15) is 6.42 Å². The first-order valence-electron chi connectivity index (χ1n) is 3.77. The monoisotopic (exact) mass is 180 g/mol. The molecule has 11 heavy (non-hydrogen) atoms. The Morgan fingerprint density at radius 3 is 2.45 bits per heavy atom. The SMILES string of the molecule is CN(C)[C@H]1CCNC[C@@H]1O.Cl. The Morgan fingerprint density at radius 2 is 2.09 bits per heavy atom. The largest absolute Gasteiger partial charge is 0.390 e. The Labute approximate surface area is 74.2 Å². The minimum atomic E-state index is -0.191. The lowest BCUT2D eigenvalue weighted by atomic mass is 10.0. The molecule has 3 nitrogen and oxygen atoms in total. The number of hydrogen-bond acceptors (Lipinski definition) is 3. The third-order valence-electron chi connectivity index (χ3n) is 2.08. The van der Waals surface area contributed by atoms with Crippen LogP contribution >= 0.6 is 12.4 Å². The predicted molar refractivity (Wildman–Crippen MR) is 48.2 cm³/mol. The molecule has 0 aromatic carbocycles. The van der Waals surface area contributed by atoms with Gasteiger partial charge >= 0.3 is 0 Å². The topological polar surface area (TPSA) is 35.5 Å². The molecule has 1 heterocycles. The molecule has 0 spiro atoms. The van der Waals surface area contributed by atoms with Crippen molar-refractivity contribution in [3.8, 4) is 0 Å². The molecule has 1 aliphatic rings. The molecular weight excluding hydrogens is 164 g/mol. The van der Waals surface area contributed by atoms with Gasteiger partial charge in [0.05, 0.1) is 6.10 Å². The lowest BCUT2D eigenvalue weighted by Gasteiger charge is -2.33. The van der Waals surface area contributed by atoms with Crippen LogP contribution in [-0.4, -0.2) is 49.3 Å². The first-order valence-corrected chi connectivity index (χ1v) is 3.77. The summed E-state index contributed by atoms with van der Waals surface area (Å²) >= 11 is 0. The Hall–Kier alpha value is 0.170. The fraction of sp³-hybridized carbons (Fsp3) is 1.00. The van der Waals surface area contributed by atoms with Crippen LogP contribution in [-0.2, 0) is 0 Å². The van der Waals surface area contributed by atoms with Crippen molar-refractivity contribution < 1.29 is 5.11 Å². The molecule has 1 fully saturated rings. The molecule has 1 rings (SSSR count). The average Bonchev–Trinajstić information content (AvgIpc) is 1.88. The Balaban J connectivity index is 0.000001000. The minimum absolute atomic E-state index is 0. The highest BCUT2D eigenvalue weighted by Crippen LogP contribution is 2.07. The third kappa shape index (κ3) is 2.95. The van der Waals surface area contributed by atoms with Crippen LogP contribution in [0.15, 0.2) is 0 Å². The molecule has 4 heteroatoms. The fourth-order valence-electron chi connectivity index (χ4n) is 1.43. The van der Waals surface area contributed by atoms with E-state index in [-0.39, 0.29) is 18.5 Å². The molecule has 0 radical (unpaired) electrons. The molecule has 0 aromatic heterocycles. The average molecular weight is 181 g/mol. The van der Waals surface area contributed by atoms with Gasteiger partial charge in [0.15, 0.2) is 0 Å². The van der Waals surface area contributed by atoms with Gasteiger partial charge in [0.1, 0.15) is 0 Å². The molecule has 2 N–H and O–H groups in total. The summed E-state index contributed by atoms with van der Waals surface area (Å²) in [6.07, 6.45) is 0.859. The zero-order valence-electron chi connectivity index (χ0n) is 7.08. The maximum Gasteiger partial charge on any atom is 0.0819 e. The van der Waals surface area contributed by atoms with Crippen LogP contribution in [0.25, 0.3) is 0 Å². The number of β-amino-alcohol motifs (C(OH)–C–C–N with tert-alkyl or cyclic N) is 1. The van der Waals surface area contributed by atoms with Gasteiger partial charge in [0, 0.05) is 12.6 Å². The normalized spacial score (nSPS) is 31.6. The highest BCUT2D eigenvalue weighted by Gasteiger charge is 2.23. The van der Waals surface area contributed by atoms with E-state index in [1.165, 1.54) is 0 Å². The molecule has 0 aromatic rings. The quantitative estimate of drug-likeness (QED) is 0.582. The van der Waals surface area contributed by atoms with Crippen molar-refractivity contribution in [1.82, 2.24) is 10.2 Å². The number of hydrogen-bond donors (Lipinski definition) is 2. The summed E-state index contributed by atoms with van der Waals surface area (Å²) in [6, 6.07) is 0.348. The second-order valence-corrected chi connectivity index (χ2v) is 3.09. The summed E-state index contributed by atoms with van der Waals surface area (Å²) in [7, 11) is 4.03. The second-order valence-electron chi connectivity index (χ2n) is 3.09. The predicted octanol–water partition coefficient (Wildman–Crippen LogP) is -0.307. The fourth-order valence-corrected chi connectivity index (χ4v) is 1.43. The maximum absolute atomic E-state index is 9.44. The number of nitrogens with zero attached hydrogens (tertiary/aromatic N) is 1. The Kier molecular flexibility index (Phi) is 5.01. The lowest BCUT2D eigenvalue weighted by molar-refractivity contribution is 0.0539. The van der Waals surface area contributed by atoms with Crippen molar-refractivity contribution in [2.24, 2.45) is 0 Å². The summed E-state index contributed by atoms with van der Waals surface area (Å²) in [4.78, 5) is 2.09. The maximum atomic E-state index is 9.44. The van der Waals surface area contributed by atoms with E-state index in [1.807, 2.05) is 14.1 Å². The van der Waals surface area contributed by atoms with E-state index in [0.29, 0.717) is 6.04 Å². The van der Waals surface area contributed by atoms with Gasteiger partial charge in [-0.3, -0.25) is 0 Å². The van der Waals surface area contributed by atoms with Crippen molar-refractivity contribution in [2.45, 2.75) is 18.6 Å². The highest BCUT2D eigenvalue weighted by atomic mass is 35.5. The van der Waals surface area contributed by atoms with E-state index in [0.717, 1.165) is 19.5 Å². The summed E-state index contributed by atoms with van der Waals surface area (Å²) < 4.78 is 0. The van der Waals surface area contributed by atoms with Gasteiger partial charge in [-0.2, -0.15) is 0 Å². The van der Waals surface area contributed by atoms with E-state index in [1.54, 1.807) is 0 Å². The first kappa shape index (κ1) is 11.2. The Morgan fingerprint density at radius 1 is 1.45 bits per heavy atom. The van der Waals surface area contributed by atoms with Gasteiger partial charge < -0.3 is 15.3 Å². The van der Waals surface area contributed by atoms with Gasteiger partial charge in [-0.1, -0.05) is 0 Å². The van der Waals surface area contributed by atoms with E-state index >= 15 is 0 Å². The van der Waals surface area contributed by atoms with E-state index in [2.05, 4.69) is 10.2 Å². The minimum Gasteiger partial charge on any atom is -0.390 e. The molecule has 1 aliphatic heterocycles. The van der Waals surface area contributed by atoms with Crippen molar-refractivity contribution >= 4 is 12.4 Å². The zero-order valence-corrected chi connectivity index (χ0v) is 7.90. The third-order valence-corrected chi connectivity index (χ3v) is 2.08. The summed E-state index contributed by atoms with van der Waals surface area (Å²) in [5.41, 5.74) is 0. The molecule has 1 saturated heterocycles. The first-order chi connectivity index (χ1) is 4.72. The smallest absolute Gasteiger partial charge is 0.0819 e. The van der Waals surface area contributed by atoms with Gasteiger partial charge in [-0.05, 0) is 27.1 Å². The van der Waals surface area contributed by atoms with Crippen molar-refractivity contribution in [1.29, 1.82) is 0 Å². The van der Waals surface area contributed by atoms with Gasteiger partial charge in [0.2, 0.25) is 0 Å². The van der Waals surface area contributed by atoms with E-state index in [4.69, 9.17) is 0 Å². The number of nitrogens with one attached hydrogen (secondary N) is 1. The summed E-state index contributed by atoms with van der Waals surface area (Å²) in [5, 5.41) is 12.6. The molecule has 0 bridgehead atoms. The van der Waals surface area contributed by atoms with Crippen LogP contribution in [0.5, 0.6) is 0 Å². The number of aliphatic hydroxyl groups excluding tert-OH is 1. The second kappa shape index (κ2) is 4.93. The molecule has 2 atom stereocenters. The zero-order chi connectivity index (χ0) is 7.56. The van der Waals surface area contributed by atoms with E-state index in [9.17, 15) is 5.11 Å². The molecular formula is C7H17ClN2O. The highest BCUT2D eigenvalue weighted by molar-refractivity contribution is 5.85. The number of rotatable bonds is 1. The van der Waals surface area contributed by atoms with Crippen LogP contribution in [0.4, 0.5) is 0 Å². The van der Waals surface area contributed by atoms with Crippen molar-refractivity contribution in [3.63, 3.8) is 0 Å². The number of likely N-dealkylation sites (N-methyl/N-ethyl adjacent to an activating group) is 1. The van der Waals surface area contributed by atoms with Crippen LogP contribution in [0.3, 0.4) is 0 Å². The van der Waals surface area contributed by atoms with Crippen LogP contribution < -0.4 is 5.32 Å². The van der Waals surface area contributed by atoms with Crippen LogP contribution in [0, 0.1) is 0 Å². The molecule has 0 aliphatic carbocycles. The van der Waals surface area contributed by atoms with Gasteiger partial charge in [-0.25, -0.2) is 0 Å². The van der Waals surface area contributed by atoms with Crippen molar-refractivity contribution in [2.75, 3.05) is 27.2 Å². The molecule has 0 amide bonds. The van der Waals surface area contributed by atoms with Crippen molar-refractivity contribution in [3.05, 3.63) is 0 Å². The lowest BCUT2D eigenvalue weighted by Crippen LogP contribution is -2.50. The number of halogens is 1. The van der Waals surface area contributed by atoms with Gasteiger partial charge in [0.25, 0.3) is 0 Å². The molecule has 68 valence electrons. The molecule has 0 saturated carbocycles. The number of aliphatic hydroxyl groups is 1. The van der Waals surface area contributed by atoms with Crippen LogP contribution in [0.2, 0.25) is 0 Å². The summed E-state index contributed by atoms with van der Waals surface area (Å²) in [6.45, 7) is 1.77. The molecule has 0 unspecified atom stereocenters. The standard InChI is InChI=1S/C7H16N2O.ClH/c1-9(2)6-3-4-8-5-7(6)10;/h6-8,10H,3-5H2,1-2H3;1H/t6-,7-;/m0./s1. The Bertz CT molecular complexity index is 111. The summed E-state index contributed by atoms with van der Waals surface area (Å²) in [5.74, 6) is 0. The van der Waals surface area contributed by atoms with E-state index < -0.39 is 0 Å². The number of piperidine rings is 1. The van der Waals surface area contributed by atoms with Gasteiger partial charge in [-0.15, -0.1) is 12.4 Å².